The number of benzene rings is 2. The third kappa shape index (κ3) is 3.55. The molecule has 3 aromatic rings. The number of hydrogen-bond acceptors (Lipinski definition) is 5. The van der Waals surface area contributed by atoms with Gasteiger partial charge in [0.15, 0.2) is 0 Å². The number of halogens is 2. The van der Waals surface area contributed by atoms with Crippen LogP contribution in [0.3, 0.4) is 0 Å². The van der Waals surface area contributed by atoms with E-state index in [0.717, 1.165) is 15.7 Å². The molecular weight excluding hydrogens is 458 g/mol. The highest BCUT2D eigenvalue weighted by Gasteiger charge is 2.16. The van der Waals surface area contributed by atoms with Gasteiger partial charge in [0.1, 0.15) is 12.4 Å². The van der Waals surface area contributed by atoms with Crippen LogP contribution in [0.5, 0.6) is 5.75 Å². The number of aromatic hydroxyl groups is 1. The average Bonchev–Trinajstić information content (AvgIpc) is 2.91. The van der Waals surface area contributed by atoms with E-state index in [4.69, 9.17) is 16.6 Å². The zero-order chi connectivity index (χ0) is 17.3. The molecule has 0 unspecified atom stereocenters. The zero-order valence-corrected chi connectivity index (χ0v) is 16.6. The lowest BCUT2D eigenvalue weighted by Crippen LogP contribution is -2.10. The summed E-state index contributed by atoms with van der Waals surface area (Å²) in [5, 5.41) is 17.8. The predicted molar refractivity (Wildman–Crippen MR) is 103 cm³/mol. The molecule has 0 radical (unpaired) electrons. The number of phenolic OH excluding ortho intramolecular Hbond substituents is 1. The maximum Gasteiger partial charge on any atom is 0.289 e. The molecule has 2 aromatic carbocycles. The van der Waals surface area contributed by atoms with Gasteiger partial charge in [0.2, 0.25) is 0 Å². The summed E-state index contributed by atoms with van der Waals surface area (Å²) < 4.78 is 8.40. The first-order valence-corrected chi connectivity index (χ1v) is 9.01. The van der Waals surface area contributed by atoms with Gasteiger partial charge in [-0.1, -0.05) is 34.1 Å². The Labute approximate surface area is 160 Å². The van der Waals surface area contributed by atoms with Crippen molar-refractivity contribution in [1.82, 2.24) is 9.78 Å². The lowest BCUT2D eigenvalue weighted by atomic mass is 10.2. The predicted octanol–water partition coefficient (Wildman–Crippen LogP) is 5.48. The highest BCUT2D eigenvalue weighted by Crippen LogP contribution is 2.37. The second-order valence-corrected chi connectivity index (χ2v) is 7.23. The molecule has 8 heteroatoms. The van der Waals surface area contributed by atoms with Crippen LogP contribution < -0.4 is 5.32 Å². The monoisotopic (exact) mass is 469 g/mol. The Bertz CT molecular complexity index is 953. The molecule has 0 saturated carbocycles. The Morgan fingerprint density at radius 1 is 1.29 bits per heavy atom. The Balaban J connectivity index is 1.89. The number of phenols is 1. The summed E-state index contributed by atoms with van der Waals surface area (Å²) in [6, 6.07) is 11.4. The lowest BCUT2D eigenvalue weighted by Gasteiger charge is -2.08. The van der Waals surface area contributed by atoms with Crippen molar-refractivity contribution in [2.75, 3.05) is 5.32 Å². The molecule has 124 valence electrons. The van der Waals surface area contributed by atoms with Crippen LogP contribution in [0.25, 0.3) is 11.5 Å². The van der Waals surface area contributed by atoms with Gasteiger partial charge in [-0.3, -0.25) is 0 Å². The van der Waals surface area contributed by atoms with E-state index in [2.05, 4.69) is 42.3 Å². The third-order valence-electron chi connectivity index (χ3n) is 3.43. The maximum atomic E-state index is 10.2. The van der Waals surface area contributed by atoms with Crippen molar-refractivity contribution in [3.8, 4) is 17.2 Å². The Kier molecular flexibility index (Phi) is 5.07. The summed E-state index contributed by atoms with van der Waals surface area (Å²) in [6.07, 6.45) is 0. The van der Waals surface area contributed by atoms with Crippen molar-refractivity contribution < 1.29 is 9.52 Å². The van der Waals surface area contributed by atoms with Crippen LogP contribution in [0.4, 0.5) is 5.69 Å². The Morgan fingerprint density at radius 2 is 2.04 bits per heavy atom. The minimum Gasteiger partial charge on any atom is -0.506 e. The Hall–Kier alpha value is -1.64. The molecule has 0 fully saturated rings. The van der Waals surface area contributed by atoms with E-state index in [0.29, 0.717) is 16.7 Å². The van der Waals surface area contributed by atoms with Crippen molar-refractivity contribution in [3.05, 3.63) is 55.7 Å². The van der Waals surface area contributed by atoms with Crippen LogP contribution in [0.1, 0.15) is 5.56 Å². The van der Waals surface area contributed by atoms with E-state index >= 15 is 0 Å². The highest BCUT2D eigenvalue weighted by molar-refractivity contribution is 9.11. The molecule has 2 N–H and O–H groups in total. The second-order valence-electron chi connectivity index (χ2n) is 5.11. The van der Waals surface area contributed by atoms with E-state index in [1.807, 2.05) is 31.2 Å². The van der Waals surface area contributed by atoms with E-state index in [9.17, 15) is 5.11 Å². The van der Waals surface area contributed by atoms with E-state index in [-0.39, 0.29) is 16.5 Å². The minimum atomic E-state index is 0.0495. The standard InChI is InChI=1S/C16H13Br2N3O2S/c1-9-4-2-3-5-13(9)19-8-21-16(24)23-15(20-21)11-6-10(17)7-12(18)14(11)22/h2-7,19,22H,8H2,1H3. The van der Waals surface area contributed by atoms with Gasteiger partial charge in [0.25, 0.3) is 10.7 Å². The van der Waals surface area contributed by atoms with Gasteiger partial charge in [-0.2, -0.15) is 0 Å². The van der Waals surface area contributed by atoms with Crippen molar-refractivity contribution in [2.45, 2.75) is 13.6 Å². The van der Waals surface area contributed by atoms with Crippen molar-refractivity contribution >= 4 is 49.8 Å². The summed E-state index contributed by atoms with van der Waals surface area (Å²) in [4.78, 5) is 0.224. The molecule has 3 rings (SSSR count). The molecule has 0 saturated heterocycles. The zero-order valence-electron chi connectivity index (χ0n) is 12.6. The molecular formula is C16H13Br2N3O2S. The van der Waals surface area contributed by atoms with Crippen LogP contribution in [0.15, 0.2) is 49.8 Å². The van der Waals surface area contributed by atoms with E-state index in [1.54, 1.807) is 12.1 Å². The fraction of sp³-hybridized carbons (Fsp3) is 0.125. The number of nitrogens with one attached hydrogen (secondary N) is 1. The average molecular weight is 471 g/mol. The van der Waals surface area contributed by atoms with Gasteiger partial charge in [-0.15, -0.1) is 5.10 Å². The first-order chi connectivity index (χ1) is 11.5. The van der Waals surface area contributed by atoms with Gasteiger partial charge < -0.3 is 14.8 Å². The molecule has 1 heterocycles. The normalized spacial score (nSPS) is 10.8. The fourth-order valence-electron chi connectivity index (χ4n) is 2.18. The van der Waals surface area contributed by atoms with E-state index in [1.165, 1.54) is 4.68 Å². The van der Waals surface area contributed by atoms with Crippen molar-refractivity contribution in [2.24, 2.45) is 0 Å². The number of aromatic nitrogens is 2. The third-order valence-corrected chi connectivity index (χ3v) is 4.79. The summed E-state index contributed by atoms with van der Waals surface area (Å²) in [5.74, 6) is 0.305. The molecule has 1 aromatic heterocycles. The van der Waals surface area contributed by atoms with Gasteiger partial charge >= 0.3 is 0 Å². The molecule has 0 atom stereocenters. The van der Waals surface area contributed by atoms with Gasteiger partial charge in [0.05, 0.1) is 10.0 Å². The van der Waals surface area contributed by atoms with Gasteiger partial charge in [-0.05, 0) is 58.8 Å². The molecule has 0 aliphatic heterocycles. The summed E-state index contributed by atoms with van der Waals surface area (Å²) in [6.45, 7) is 2.38. The molecule has 24 heavy (non-hydrogen) atoms. The van der Waals surface area contributed by atoms with Crippen LogP contribution in [0, 0.1) is 11.8 Å². The summed E-state index contributed by atoms with van der Waals surface area (Å²) >= 11 is 11.9. The number of aryl methyl sites for hydroxylation is 1. The van der Waals surface area contributed by atoms with Crippen LogP contribution in [0.2, 0.25) is 0 Å². The summed E-state index contributed by atoms with van der Waals surface area (Å²) in [7, 11) is 0. The van der Waals surface area contributed by atoms with Crippen LogP contribution in [-0.2, 0) is 6.67 Å². The topological polar surface area (TPSA) is 63.2 Å². The maximum absolute atomic E-state index is 10.2. The number of rotatable bonds is 4. The van der Waals surface area contributed by atoms with E-state index < -0.39 is 0 Å². The van der Waals surface area contributed by atoms with Crippen molar-refractivity contribution in [1.29, 1.82) is 0 Å². The van der Waals surface area contributed by atoms with Gasteiger partial charge in [-0.25, -0.2) is 4.68 Å². The molecule has 0 amide bonds. The molecule has 0 spiro atoms. The number of anilines is 1. The van der Waals surface area contributed by atoms with Gasteiger partial charge in [0, 0.05) is 10.2 Å². The largest absolute Gasteiger partial charge is 0.506 e. The number of hydrogen-bond donors (Lipinski definition) is 2. The number of nitrogens with zero attached hydrogens (tertiary/aromatic N) is 2. The highest BCUT2D eigenvalue weighted by atomic mass is 79.9. The van der Waals surface area contributed by atoms with Crippen LogP contribution in [-0.4, -0.2) is 14.9 Å². The molecule has 0 aliphatic rings. The first-order valence-electron chi connectivity index (χ1n) is 7.01. The SMILES string of the molecule is Cc1ccccc1NCn1nc(-c2cc(Br)cc(Br)c2O)oc1=S. The summed E-state index contributed by atoms with van der Waals surface area (Å²) in [5.41, 5.74) is 2.58. The van der Waals surface area contributed by atoms with Crippen LogP contribution >= 0.6 is 44.1 Å². The quantitative estimate of drug-likeness (QED) is 0.494. The molecule has 5 nitrogen and oxygen atoms in total. The fourth-order valence-corrected chi connectivity index (χ4v) is 3.58. The molecule has 0 aliphatic carbocycles. The lowest BCUT2D eigenvalue weighted by molar-refractivity contribution is 0.468. The second kappa shape index (κ2) is 7.08. The molecule has 0 bridgehead atoms. The number of para-hydroxylation sites is 1. The smallest absolute Gasteiger partial charge is 0.289 e. The van der Waals surface area contributed by atoms with Crippen molar-refractivity contribution in [3.63, 3.8) is 0 Å². The minimum absolute atomic E-state index is 0.0495. The first kappa shape index (κ1) is 17.2. The Morgan fingerprint density at radius 3 is 2.79 bits per heavy atom.